The van der Waals surface area contributed by atoms with E-state index in [9.17, 15) is 4.79 Å². The number of amides is 1. The van der Waals surface area contributed by atoms with E-state index in [2.05, 4.69) is 32.9 Å². The number of nitrogens with zero attached hydrogens (tertiary/aromatic N) is 1. The van der Waals surface area contributed by atoms with Gasteiger partial charge in [-0.3, -0.25) is 4.79 Å². The molecular weight excluding hydrogens is 264 g/mol. The van der Waals surface area contributed by atoms with Crippen LogP contribution in [0.25, 0.3) is 0 Å². The molecule has 1 aromatic carbocycles. The highest BCUT2D eigenvalue weighted by molar-refractivity contribution is 5.97. The number of fused-ring (bicyclic) bond motifs is 1. The molecule has 1 fully saturated rings. The fraction of sp³-hybridized carbons (Fsp3) is 0.588. The SMILES string of the molecule is C[C@@H]1C[NH+]([C@@H](C)C(=O)N2CCc3ccccc32)C[C@H](C)O1. The average molecular weight is 289 g/mol. The predicted molar refractivity (Wildman–Crippen MR) is 82.7 cm³/mol. The Hall–Kier alpha value is -1.39. The first-order valence-electron chi connectivity index (χ1n) is 7.95. The number of rotatable bonds is 2. The highest BCUT2D eigenvalue weighted by atomic mass is 16.5. The van der Waals surface area contributed by atoms with E-state index >= 15 is 0 Å². The molecule has 2 aliphatic rings. The third kappa shape index (κ3) is 2.83. The summed E-state index contributed by atoms with van der Waals surface area (Å²) in [5.74, 6) is 0.247. The molecule has 114 valence electrons. The van der Waals surface area contributed by atoms with Gasteiger partial charge < -0.3 is 14.5 Å². The van der Waals surface area contributed by atoms with E-state index in [0.29, 0.717) is 0 Å². The van der Waals surface area contributed by atoms with Crippen LogP contribution in [0.15, 0.2) is 24.3 Å². The fourth-order valence-corrected chi connectivity index (χ4v) is 3.64. The maximum Gasteiger partial charge on any atom is 0.284 e. The van der Waals surface area contributed by atoms with Crippen molar-refractivity contribution in [1.82, 2.24) is 0 Å². The number of hydrogen-bond donors (Lipinski definition) is 1. The van der Waals surface area contributed by atoms with Gasteiger partial charge in [0.25, 0.3) is 5.91 Å². The molecule has 0 aliphatic carbocycles. The second-order valence-electron chi connectivity index (χ2n) is 6.41. The lowest BCUT2D eigenvalue weighted by Crippen LogP contribution is -3.19. The van der Waals surface area contributed by atoms with Crippen LogP contribution in [0.3, 0.4) is 0 Å². The summed E-state index contributed by atoms with van der Waals surface area (Å²) in [4.78, 5) is 16.2. The summed E-state index contributed by atoms with van der Waals surface area (Å²) in [6, 6.07) is 8.24. The van der Waals surface area contributed by atoms with Crippen LogP contribution in [0.4, 0.5) is 5.69 Å². The first-order valence-corrected chi connectivity index (χ1v) is 7.95. The Balaban J connectivity index is 1.74. The Morgan fingerprint density at radius 1 is 1.29 bits per heavy atom. The van der Waals surface area contributed by atoms with Crippen molar-refractivity contribution in [1.29, 1.82) is 0 Å². The van der Waals surface area contributed by atoms with E-state index in [1.165, 1.54) is 10.5 Å². The monoisotopic (exact) mass is 289 g/mol. The number of morpholine rings is 1. The Bertz CT molecular complexity index is 521. The van der Waals surface area contributed by atoms with Crippen LogP contribution in [-0.2, 0) is 16.0 Å². The summed E-state index contributed by atoms with van der Waals surface area (Å²) < 4.78 is 5.78. The predicted octanol–water partition coefficient (Wildman–Crippen LogP) is 0.656. The molecule has 1 aromatic rings. The lowest BCUT2D eigenvalue weighted by molar-refractivity contribution is -0.928. The van der Waals surface area contributed by atoms with Crippen molar-refractivity contribution in [2.24, 2.45) is 0 Å². The van der Waals surface area contributed by atoms with E-state index in [1.807, 2.05) is 17.0 Å². The minimum absolute atomic E-state index is 0.00930. The van der Waals surface area contributed by atoms with Crippen molar-refractivity contribution in [3.05, 3.63) is 29.8 Å². The Morgan fingerprint density at radius 2 is 1.95 bits per heavy atom. The molecule has 0 saturated carbocycles. The third-order valence-corrected chi connectivity index (χ3v) is 4.70. The normalized spacial score (nSPS) is 30.0. The van der Waals surface area contributed by atoms with E-state index in [1.54, 1.807) is 0 Å². The van der Waals surface area contributed by atoms with Gasteiger partial charge in [0, 0.05) is 12.2 Å². The van der Waals surface area contributed by atoms with Gasteiger partial charge in [-0.2, -0.15) is 0 Å². The van der Waals surface area contributed by atoms with Crippen LogP contribution in [0.1, 0.15) is 26.3 Å². The quantitative estimate of drug-likeness (QED) is 0.868. The second-order valence-corrected chi connectivity index (χ2v) is 6.41. The minimum Gasteiger partial charge on any atom is -0.364 e. The third-order valence-electron chi connectivity index (χ3n) is 4.70. The van der Waals surface area contributed by atoms with Gasteiger partial charge in [-0.1, -0.05) is 18.2 Å². The van der Waals surface area contributed by atoms with E-state index in [-0.39, 0.29) is 24.2 Å². The molecule has 0 aromatic heterocycles. The van der Waals surface area contributed by atoms with Crippen molar-refractivity contribution >= 4 is 11.6 Å². The smallest absolute Gasteiger partial charge is 0.284 e. The van der Waals surface area contributed by atoms with Crippen LogP contribution in [0.2, 0.25) is 0 Å². The van der Waals surface area contributed by atoms with Crippen LogP contribution >= 0.6 is 0 Å². The molecule has 4 nitrogen and oxygen atoms in total. The van der Waals surface area contributed by atoms with Crippen LogP contribution in [0, 0.1) is 0 Å². The topological polar surface area (TPSA) is 34.0 Å². The minimum atomic E-state index is -0.00930. The molecule has 0 spiro atoms. The summed E-state index contributed by atoms with van der Waals surface area (Å²) in [5, 5.41) is 0. The van der Waals surface area contributed by atoms with Crippen LogP contribution in [0.5, 0.6) is 0 Å². The lowest BCUT2D eigenvalue weighted by atomic mass is 10.1. The number of carbonyl (C=O) groups is 1. The van der Waals surface area contributed by atoms with Crippen molar-refractivity contribution in [2.45, 2.75) is 45.4 Å². The molecule has 0 radical (unpaired) electrons. The van der Waals surface area contributed by atoms with Crippen molar-refractivity contribution < 1.29 is 14.4 Å². The summed E-state index contributed by atoms with van der Waals surface area (Å²) >= 11 is 0. The Kier molecular flexibility index (Phi) is 4.00. The van der Waals surface area contributed by atoms with Gasteiger partial charge in [-0.05, 0) is 38.8 Å². The largest absolute Gasteiger partial charge is 0.364 e. The van der Waals surface area contributed by atoms with Crippen LogP contribution in [-0.4, -0.2) is 43.8 Å². The first kappa shape index (κ1) is 14.5. The zero-order valence-corrected chi connectivity index (χ0v) is 13.1. The second kappa shape index (κ2) is 5.78. The highest BCUT2D eigenvalue weighted by Crippen LogP contribution is 2.27. The number of benzene rings is 1. The summed E-state index contributed by atoms with van der Waals surface area (Å²) in [7, 11) is 0. The van der Waals surface area contributed by atoms with Gasteiger partial charge in [0.1, 0.15) is 25.3 Å². The molecule has 4 atom stereocenters. The molecule has 4 heteroatoms. The molecule has 2 heterocycles. The molecular formula is C17H25N2O2+. The summed E-state index contributed by atoms with van der Waals surface area (Å²) in [6.07, 6.45) is 1.43. The number of anilines is 1. The first-order chi connectivity index (χ1) is 10.1. The van der Waals surface area contributed by atoms with Gasteiger partial charge in [0.05, 0.1) is 0 Å². The molecule has 1 unspecified atom stereocenters. The molecule has 2 aliphatic heterocycles. The van der Waals surface area contributed by atoms with Gasteiger partial charge in [-0.15, -0.1) is 0 Å². The molecule has 0 bridgehead atoms. The molecule has 1 saturated heterocycles. The van der Waals surface area contributed by atoms with E-state index < -0.39 is 0 Å². The Morgan fingerprint density at radius 3 is 2.67 bits per heavy atom. The molecule has 3 rings (SSSR count). The number of carbonyl (C=O) groups excluding carboxylic acids is 1. The highest BCUT2D eigenvalue weighted by Gasteiger charge is 2.37. The lowest BCUT2D eigenvalue weighted by Gasteiger charge is -2.36. The van der Waals surface area contributed by atoms with Crippen molar-refractivity contribution in [2.75, 3.05) is 24.5 Å². The van der Waals surface area contributed by atoms with Gasteiger partial charge >= 0.3 is 0 Å². The van der Waals surface area contributed by atoms with Gasteiger partial charge in [0.2, 0.25) is 0 Å². The van der Waals surface area contributed by atoms with Crippen molar-refractivity contribution in [3.63, 3.8) is 0 Å². The summed E-state index contributed by atoms with van der Waals surface area (Å²) in [6.45, 7) is 8.89. The zero-order valence-electron chi connectivity index (χ0n) is 13.1. The average Bonchev–Trinajstić information content (AvgIpc) is 2.88. The molecule has 1 N–H and O–H groups in total. The van der Waals surface area contributed by atoms with E-state index in [4.69, 9.17) is 4.74 Å². The van der Waals surface area contributed by atoms with Gasteiger partial charge in [0.15, 0.2) is 6.04 Å². The van der Waals surface area contributed by atoms with Crippen molar-refractivity contribution in [3.8, 4) is 0 Å². The summed E-state index contributed by atoms with van der Waals surface area (Å²) in [5.41, 5.74) is 2.39. The fourth-order valence-electron chi connectivity index (χ4n) is 3.64. The van der Waals surface area contributed by atoms with E-state index in [0.717, 1.165) is 31.7 Å². The maximum absolute atomic E-state index is 12.9. The van der Waals surface area contributed by atoms with Crippen LogP contribution < -0.4 is 9.80 Å². The zero-order chi connectivity index (χ0) is 15.0. The number of ether oxygens (including phenoxy) is 1. The standard InChI is InChI=1S/C17H24N2O2/c1-12-10-18(11-13(2)21-12)14(3)17(20)19-9-8-15-6-4-5-7-16(15)19/h4-7,12-14H,8-11H2,1-3H3/p+1/t12-,13+,14-/m0/s1. The maximum atomic E-state index is 12.9. The number of nitrogens with one attached hydrogen (secondary N) is 1. The Labute approximate surface area is 126 Å². The number of hydrogen-bond acceptors (Lipinski definition) is 2. The van der Waals surface area contributed by atoms with Gasteiger partial charge in [-0.25, -0.2) is 0 Å². The number of quaternary nitrogens is 1. The number of para-hydroxylation sites is 1. The molecule has 21 heavy (non-hydrogen) atoms. The molecule has 1 amide bonds.